The number of hydrogen-bond donors (Lipinski definition) is 2. The fourth-order valence-electron chi connectivity index (χ4n) is 3.93. The van der Waals surface area contributed by atoms with Gasteiger partial charge >= 0.3 is 12.1 Å². The van der Waals surface area contributed by atoms with Crippen LogP contribution in [-0.2, 0) is 12.7 Å². The summed E-state index contributed by atoms with van der Waals surface area (Å²) in [7, 11) is 0. The monoisotopic (exact) mass is 603 g/mol. The molecule has 42 heavy (non-hydrogen) atoms. The van der Waals surface area contributed by atoms with Gasteiger partial charge in [-0.1, -0.05) is 17.7 Å². The van der Waals surface area contributed by atoms with Crippen LogP contribution in [-0.4, -0.2) is 38.0 Å². The van der Waals surface area contributed by atoms with Crippen LogP contribution < -0.4 is 15.0 Å². The largest absolute Gasteiger partial charge is 0.478 e. The molecule has 0 spiro atoms. The van der Waals surface area contributed by atoms with Crippen LogP contribution in [0.5, 0.6) is 11.5 Å². The lowest BCUT2D eigenvalue weighted by Gasteiger charge is -2.28. The minimum Gasteiger partial charge on any atom is -0.478 e. The number of carbonyl (C=O) groups excluding carboxylic acids is 1. The van der Waals surface area contributed by atoms with E-state index in [4.69, 9.17) is 16.3 Å². The molecule has 9 nitrogen and oxygen atoms in total. The van der Waals surface area contributed by atoms with Gasteiger partial charge in [0.15, 0.2) is 11.6 Å². The lowest BCUT2D eigenvalue weighted by atomic mass is 10.1. The Kier molecular flexibility index (Phi) is 8.90. The number of aromatic carboxylic acids is 1. The molecule has 0 saturated heterocycles. The number of halogens is 5. The van der Waals surface area contributed by atoms with E-state index < -0.39 is 52.5 Å². The fourth-order valence-corrected chi connectivity index (χ4v) is 4.04. The molecule has 0 saturated carbocycles. The first-order valence-electron chi connectivity index (χ1n) is 12.3. The predicted molar refractivity (Wildman–Crippen MR) is 145 cm³/mol. The molecule has 0 aliphatic heterocycles. The molecule has 0 radical (unpaired) electrons. The molecule has 2 aromatic carbocycles. The summed E-state index contributed by atoms with van der Waals surface area (Å²) in [6.07, 6.45) is -0.752. The van der Waals surface area contributed by atoms with Gasteiger partial charge in [0.05, 0.1) is 21.8 Å². The summed E-state index contributed by atoms with van der Waals surface area (Å²) in [5, 5.41) is 12.9. The van der Waals surface area contributed by atoms with Crippen molar-refractivity contribution < 1.29 is 37.0 Å². The van der Waals surface area contributed by atoms with E-state index in [1.54, 1.807) is 19.9 Å². The molecule has 0 atom stereocenters. The fraction of sp³-hybridized carbons (Fsp3) is 0.179. The van der Waals surface area contributed by atoms with E-state index >= 15 is 4.39 Å². The Morgan fingerprint density at radius 3 is 2.36 bits per heavy atom. The maximum atomic E-state index is 15.3. The number of carbonyl (C=O) groups is 2. The van der Waals surface area contributed by atoms with Gasteiger partial charge in [-0.25, -0.2) is 24.1 Å². The lowest BCUT2D eigenvalue weighted by molar-refractivity contribution is -0.138. The van der Waals surface area contributed by atoms with E-state index in [9.17, 15) is 27.9 Å². The van der Waals surface area contributed by atoms with Gasteiger partial charge < -0.3 is 20.1 Å². The summed E-state index contributed by atoms with van der Waals surface area (Å²) in [4.78, 5) is 38.2. The molecular weight excluding hydrogens is 582 g/mol. The van der Waals surface area contributed by atoms with Crippen molar-refractivity contribution in [1.29, 1.82) is 0 Å². The van der Waals surface area contributed by atoms with Crippen molar-refractivity contribution in [2.24, 2.45) is 0 Å². The SMILES string of the molecule is CC(C)N(C(=O)c1ccc(Cl)cn1)c1cc(F)c(Oc2ccc(CNc3ncccn3)cc2C(F)(F)F)cc1C(=O)O. The van der Waals surface area contributed by atoms with Gasteiger partial charge in [0.25, 0.3) is 5.91 Å². The highest BCUT2D eigenvalue weighted by Crippen LogP contribution is 2.40. The van der Waals surface area contributed by atoms with Crippen LogP contribution in [0.25, 0.3) is 0 Å². The Bertz CT molecular complexity index is 1600. The second-order valence-electron chi connectivity index (χ2n) is 9.09. The summed E-state index contributed by atoms with van der Waals surface area (Å²) in [6.45, 7) is 3.08. The van der Waals surface area contributed by atoms with E-state index in [2.05, 4.69) is 20.3 Å². The Labute approximate surface area is 241 Å². The minimum atomic E-state index is -4.90. The van der Waals surface area contributed by atoms with E-state index in [0.29, 0.717) is 0 Å². The summed E-state index contributed by atoms with van der Waals surface area (Å²) in [5.74, 6) is -4.86. The zero-order valence-corrected chi connectivity index (χ0v) is 22.7. The summed E-state index contributed by atoms with van der Waals surface area (Å²) < 4.78 is 62.5. The minimum absolute atomic E-state index is 0.0544. The average Bonchev–Trinajstić information content (AvgIpc) is 2.93. The molecule has 0 unspecified atom stereocenters. The molecule has 0 bridgehead atoms. The molecule has 1 amide bonds. The van der Waals surface area contributed by atoms with Gasteiger partial charge in [-0.15, -0.1) is 0 Å². The highest BCUT2D eigenvalue weighted by molar-refractivity contribution is 6.30. The first kappa shape index (κ1) is 30.2. The van der Waals surface area contributed by atoms with Crippen molar-refractivity contribution in [3.05, 3.63) is 100 Å². The van der Waals surface area contributed by atoms with Gasteiger partial charge in [0, 0.05) is 43.3 Å². The quantitative estimate of drug-likeness (QED) is 0.200. The summed E-state index contributed by atoms with van der Waals surface area (Å²) in [5.41, 5.74) is -2.03. The number of pyridine rings is 1. The molecule has 14 heteroatoms. The highest BCUT2D eigenvalue weighted by Gasteiger charge is 2.35. The van der Waals surface area contributed by atoms with Gasteiger partial charge in [0.1, 0.15) is 11.4 Å². The van der Waals surface area contributed by atoms with Crippen molar-refractivity contribution in [3.63, 3.8) is 0 Å². The number of carboxylic acid groups (broad SMARTS) is 1. The number of ether oxygens (including phenoxy) is 1. The Morgan fingerprint density at radius 1 is 1.05 bits per heavy atom. The van der Waals surface area contributed by atoms with Gasteiger partial charge in [0.2, 0.25) is 5.95 Å². The maximum Gasteiger partial charge on any atom is 0.419 e. The zero-order chi connectivity index (χ0) is 30.6. The Hall–Kier alpha value is -4.78. The maximum absolute atomic E-state index is 15.3. The third kappa shape index (κ3) is 6.92. The number of nitrogens with one attached hydrogen (secondary N) is 1. The van der Waals surface area contributed by atoms with Crippen molar-refractivity contribution in [2.45, 2.75) is 32.6 Å². The average molecular weight is 604 g/mol. The van der Waals surface area contributed by atoms with E-state index in [0.717, 1.165) is 29.2 Å². The number of nitrogens with zero attached hydrogens (tertiary/aromatic N) is 4. The van der Waals surface area contributed by atoms with Gasteiger partial charge in [-0.3, -0.25) is 4.79 Å². The lowest BCUT2D eigenvalue weighted by Crippen LogP contribution is -2.38. The number of carboxylic acids is 1. The summed E-state index contributed by atoms with van der Waals surface area (Å²) >= 11 is 5.83. The molecule has 0 aliphatic rings. The smallest absolute Gasteiger partial charge is 0.419 e. The number of amides is 1. The number of anilines is 2. The van der Waals surface area contributed by atoms with E-state index in [1.807, 2.05) is 0 Å². The molecule has 0 aliphatic carbocycles. The predicted octanol–water partition coefficient (Wildman–Crippen LogP) is 6.84. The van der Waals surface area contributed by atoms with E-state index in [1.165, 1.54) is 36.8 Å². The number of aromatic nitrogens is 3. The number of benzene rings is 2. The molecule has 2 N–H and O–H groups in total. The molecule has 4 aromatic rings. The van der Waals surface area contributed by atoms with Crippen LogP contribution in [0.2, 0.25) is 5.02 Å². The molecule has 2 aromatic heterocycles. The van der Waals surface area contributed by atoms with E-state index in [-0.39, 0.29) is 34.5 Å². The van der Waals surface area contributed by atoms with Crippen LogP contribution in [0.4, 0.5) is 29.2 Å². The molecule has 0 fully saturated rings. The molecule has 218 valence electrons. The number of rotatable bonds is 9. The van der Waals surface area contributed by atoms with Crippen LogP contribution in [0.3, 0.4) is 0 Å². The van der Waals surface area contributed by atoms with Crippen molar-refractivity contribution in [1.82, 2.24) is 15.0 Å². The van der Waals surface area contributed by atoms with Crippen LogP contribution >= 0.6 is 11.6 Å². The molecule has 2 heterocycles. The van der Waals surface area contributed by atoms with Crippen molar-refractivity contribution >= 4 is 35.1 Å². The highest BCUT2D eigenvalue weighted by atomic mass is 35.5. The number of alkyl halides is 3. The topological polar surface area (TPSA) is 118 Å². The van der Waals surface area contributed by atoms with Crippen molar-refractivity contribution in [2.75, 3.05) is 10.2 Å². The van der Waals surface area contributed by atoms with Gasteiger partial charge in [-0.05, 0) is 49.7 Å². The first-order chi connectivity index (χ1) is 19.8. The van der Waals surface area contributed by atoms with Crippen LogP contribution in [0.1, 0.15) is 45.8 Å². The van der Waals surface area contributed by atoms with Gasteiger partial charge in [-0.2, -0.15) is 13.2 Å². The summed E-state index contributed by atoms with van der Waals surface area (Å²) in [6, 6.07) is 8.22. The van der Waals surface area contributed by atoms with Crippen molar-refractivity contribution in [3.8, 4) is 11.5 Å². The first-order valence-corrected chi connectivity index (χ1v) is 12.6. The normalized spacial score (nSPS) is 11.3. The zero-order valence-electron chi connectivity index (χ0n) is 22.0. The third-order valence-corrected chi connectivity index (χ3v) is 6.03. The number of hydrogen-bond acceptors (Lipinski definition) is 7. The second-order valence-corrected chi connectivity index (χ2v) is 9.53. The molecule has 4 rings (SSSR count). The van der Waals surface area contributed by atoms with Crippen LogP contribution in [0.15, 0.2) is 67.1 Å². The Balaban J connectivity index is 1.70. The molecular formula is C28H22ClF4N5O4. The van der Waals surface area contributed by atoms with Crippen LogP contribution in [0, 0.1) is 5.82 Å². The Morgan fingerprint density at radius 2 is 1.76 bits per heavy atom. The standard InChI is InChI=1S/C28H22ClF4N5O4/c1-15(2)38(25(39)21-6-5-17(29)14-36-21)22-12-20(30)24(11-18(22)26(40)41)42-23-7-4-16(10-19(23)28(31,32)33)13-37-27-34-8-3-9-35-27/h3-12,14-15H,13H2,1-2H3,(H,40,41)(H,34,35,37). The third-order valence-electron chi connectivity index (χ3n) is 5.81. The second kappa shape index (κ2) is 12.4.